The zero-order chi connectivity index (χ0) is 13.0. The first-order valence-electron chi connectivity index (χ1n) is 5.43. The van der Waals surface area contributed by atoms with Crippen LogP contribution in [0.2, 0.25) is 0 Å². The van der Waals surface area contributed by atoms with Crippen molar-refractivity contribution >= 4 is 23.0 Å². The summed E-state index contributed by atoms with van der Waals surface area (Å²) in [6.45, 7) is 2.55. The van der Waals surface area contributed by atoms with Crippen LogP contribution < -0.4 is 11.1 Å². The first-order chi connectivity index (χ1) is 8.66. The molecule has 2 aromatic heterocycles. The minimum Gasteiger partial charge on any atom is -0.388 e. The number of pyridine rings is 1. The second kappa shape index (κ2) is 5.50. The van der Waals surface area contributed by atoms with Gasteiger partial charge < -0.3 is 11.1 Å². The number of nitrogens with one attached hydrogen (secondary N) is 1. The van der Waals surface area contributed by atoms with Gasteiger partial charge in [-0.2, -0.15) is 0 Å². The van der Waals surface area contributed by atoms with Gasteiger partial charge in [-0.05, 0) is 18.6 Å². The zero-order valence-corrected chi connectivity index (χ0v) is 10.7. The lowest BCUT2D eigenvalue weighted by atomic mass is 10.2. The van der Waals surface area contributed by atoms with Crippen LogP contribution in [0.15, 0.2) is 30.7 Å². The fraction of sp³-hybridized carbons (Fsp3) is 0.167. The minimum atomic E-state index is 0.229. The Kier molecular flexibility index (Phi) is 3.78. The highest BCUT2D eigenvalue weighted by Crippen LogP contribution is 2.10. The molecule has 0 aliphatic heterocycles. The Bertz CT molecular complexity index is 553. The number of thiocarbonyl (C=S) groups is 1. The monoisotopic (exact) mass is 259 g/mol. The number of hydrogen-bond donors (Lipinski definition) is 2. The lowest BCUT2D eigenvalue weighted by molar-refractivity contribution is 1.05. The fourth-order valence-corrected chi connectivity index (χ4v) is 1.59. The van der Waals surface area contributed by atoms with E-state index in [0.29, 0.717) is 18.1 Å². The predicted octanol–water partition coefficient (Wildman–Crippen LogP) is 1.43. The lowest BCUT2D eigenvalue weighted by Gasteiger charge is -2.08. The normalized spacial score (nSPS) is 10.1. The molecule has 0 bridgehead atoms. The van der Waals surface area contributed by atoms with Crippen LogP contribution in [0.4, 0.5) is 5.82 Å². The van der Waals surface area contributed by atoms with Crippen molar-refractivity contribution in [1.29, 1.82) is 0 Å². The molecule has 2 rings (SSSR count). The third-order valence-corrected chi connectivity index (χ3v) is 2.56. The number of rotatable bonds is 4. The topological polar surface area (TPSA) is 76.7 Å². The van der Waals surface area contributed by atoms with Crippen LogP contribution in [0.5, 0.6) is 0 Å². The molecule has 18 heavy (non-hydrogen) atoms. The predicted molar refractivity (Wildman–Crippen MR) is 74.2 cm³/mol. The van der Waals surface area contributed by atoms with Crippen molar-refractivity contribution in [1.82, 2.24) is 15.0 Å². The summed E-state index contributed by atoms with van der Waals surface area (Å²) in [5.74, 6) is 0.588. The summed E-state index contributed by atoms with van der Waals surface area (Å²) in [4.78, 5) is 12.7. The van der Waals surface area contributed by atoms with Crippen LogP contribution >= 0.6 is 12.2 Å². The van der Waals surface area contributed by atoms with E-state index >= 15 is 0 Å². The van der Waals surface area contributed by atoms with Crippen molar-refractivity contribution in [2.75, 3.05) is 5.32 Å². The number of anilines is 1. The van der Waals surface area contributed by atoms with E-state index in [1.54, 1.807) is 12.4 Å². The quantitative estimate of drug-likeness (QED) is 0.809. The Balaban J connectivity index is 2.10. The molecule has 0 aliphatic carbocycles. The average Bonchev–Trinajstić information content (AvgIpc) is 2.38. The average molecular weight is 259 g/mol. The molecule has 0 saturated heterocycles. The van der Waals surface area contributed by atoms with Crippen LogP contribution in [0.3, 0.4) is 0 Å². The summed E-state index contributed by atoms with van der Waals surface area (Å²) in [5.41, 5.74) is 8.13. The van der Waals surface area contributed by atoms with Gasteiger partial charge in [0.15, 0.2) is 5.82 Å². The van der Waals surface area contributed by atoms with Gasteiger partial charge in [0.1, 0.15) is 10.7 Å². The molecule has 3 N–H and O–H groups in total. The molecule has 0 amide bonds. The number of hydrogen-bond acceptors (Lipinski definition) is 5. The van der Waals surface area contributed by atoms with Crippen LogP contribution in [-0.4, -0.2) is 19.9 Å². The van der Waals surface area contributed by atoms with E-state index in [1.165, 1.54) is 0 Å². The van der Waals surface area contributed by atoms with E-state index in [4.69, 9.17) is 18.0 Å². The molecule has 5 nitrogen and oxygen atoms in total. The van der Waals surface area contributed by atoms with E-state index in [2.05, 4.69) is 20.3 Å². The molecule has 0 atom stereocenters. The zero-order valence-electron chi connectivity index (χ0n) is 9.92. The van der Waals surface area contributed by atoms with Crippen molar-refractivity contribution in [3.63, 3.8) is 0 Å². The smallest absolute Gasteiger partial charge is 0.155 e. The van der Waals surface area contributed by atoms with Crippen molar-refractivity contribution in [2.24, 2.45) is 5.73 Å². The second-order valence-corrected chi connectivity index (χ2v) is 4.22. The van der Waals surface area contributed by atoms with Gasteiger partial charge in [-0.3, -0.25) is 4.98 Å². The highest BCUT2D eigenvalue weighted by Gasteiger charge is 2.06. The van der Waals surface area contributed by atoms with E-state index in [9.17, 15) is 0 Å². The molecular weight excluding hydrogens is 246 g/mol. The first kappa shape index (κ1) is 12.4. The maximum absolute atomic E-state index is 5.58. The summed E-state index contributed by atoms with van der Waals surface area (Å²) in [5, 5.41) is 3.15. The standard InChI is InChI=1S/C12H13N5S/c1-8-2-3-9(6-16-8)7-17-12-10(11(13)18)14-4-5-15-12/h2-6H,7H2,1H3,(H2,13,18)(H,15,17). The van der Waals surface area contributed by atoms with Gasteiger partial charge in [0, 0.05) is 30.8 Å². The summed E-state index contributed by atoms with van der Waals surface area (Å²) < 4.78 is 0. The van der Waals surface area contributed by atoms with Gasteiger partial charge in [0.25, 0.3) is 0 Å². The number of nitrogens with two attached hydrogens (primary N) is 1. The van der Waals surface area contributed by atoms with Crippen LogP contribution in [0, 0.1) is 6.92 Å². The number of nitrogens with zero attached hydrogens (tertiary/aromatic N) is 3. The SMILES string of the molecule is Cc1ccc(CNc2nccnc2C(N)=S)cn1. The Morgan fingerprint density at radius 1 is 1.28 bits per heavy atom. The molecule has 0 fully saturated rings. The maximum atomic E-state index is 5.58. The van der Waals surface area contributed by atoms with Crippen molar-refractivity contribution < 1.29 is 0 Å². The molecule has 6 heteroatoms. The van der Waals surface area contributed by atoms with Crippen LogP contribution in [0.25, 0.3) is 0 Å². The van der Waals surface area contributed by atoms with E-state index in [-0.39, 0.29) is 4.99 Å². The van der Waals surface area contributed by atoms with E-state index in [0.717, 1.165) is 11.3 Å². The van der Waals surface area contributed by atoms with Gasteiger partial charge in [0.05, 0.1) is 0 Å². The molecule has 92 valence electrons. The fourth-order valence-electron chi connectivity index (χ4n) is 1.44. The Morgan fingerprint density at radius 3 is 2.72 bits per heavy atom. The molecule has 2 aromatic rings. The molecule has 0 unspecified atom stereocenters. The van der Waals surface area contributed by atoms with Crippen molar-refractivity contribution in [2.45, 2.75) is 13.5 Å². The third-order valence-electron chi connectivity index (χ3n) is 2.36. The molecule has 0 aromatic carbocycles. The van der Waals surface area contributed by atoms with Crippen LogP contribution in [-0.2, 0) is 6.54 Å². The summed E-state index contributed by atoms with van der Waals surface area (Å²) in [7, 11) is 0. The molecule has 2 heterocycles. The molecule has 0 spiro atoms. The second-order valence-electron chi connectivity index (χ2n) is 3.78. The van der Waals surface area contributed by atoms with Crippen molar-refractivity contribution in [3.8, 4) is 0 Å². The summed E-state index contributed by atoms with van der Waals surface area (Å²) in [6, 6.07) is 3.97. The largest absolute Gasteiger partial charge is 0.388 e. The Morgan fingerprint density at radius 2 is 2.06 bits per heavy atom. The molecule has 0 radical (unpaired) electrons. The van der Waals surface area contributed by atoms with Gasteiger partial charge >= 0.3 is 0 Å². The molecule has 0 aliphatic rings. The maximum Gasteiger partial charge on any atom is 0.155 e. The van der Waals surface area contributed by atoms with Gasteiger partial charge in [-0.15, -0.1) is 0 Å². The van der Waals surface area contributed by atoms with E-state index in [1.807, 2.05) is 25.3 Å². The first-order valence-corrected chi connectivity index (χ1v) is 5.84. The van der Waals surface area contributed by atoms with E-state index < -0.39 is 0 Å². The molecule has 0 saturated carbocycles. The number of aryl methyl sites for hydroxylation is 1. The summed E-state index contributed by atoms with van der Waals surface area (Å²) >= 11 is 4.92. The summed E-state index contributed by atoms with van der Waals surface area (Å²) in [6.07, 6.45) is 4.98. The minimum absolute atomic E-state index is 0.229. The molecular formula is C12H13N5S. The Labute approximate surface area is 110 Å². The lowest BCUT2D eigenvalue weighted by Crippen LogP contribution is -2.16. The van der Waals surface area contributed by atoms with Gasteiger partial charge in [-0.1, -0.05) is 18.3 Å². The highest BCUT2D eigenvalue weighted by atomic mass is 32.1. The van der Waals surface area contributed by atoms with Crippen molar-refractivity contribution in [3.05, 3.63) is 47.7 Å². The number of aromatic nitrogens is 3. The Hall–Kier alpha value is -2.08. The highest BCUT2D eigenvalue weighted by molar-refractivity contribution is 7.80. The van der Waals surface area contributed by atoms with Crippen LogP contribution in [0.1, 0.15) is 17.0 Å². The van der Waals surface area contributed by atoms with Gasteiger partial charge in [-0.25, -0.2) is 9.97 Å². The van der Waals surface area contributed by atoms with Gasteiger partial charge in [0.2, 0.25) is 0 Å². The third kappa shape index (κ3) is 2.98.